The minimum Gasteiger partial charge on any atom is -0.490 e. The average Bonchev–Trinajstić information content (AvgIpc) is 2.32. The lowest BCUT2D eigenvalue weighted by atomic mass is 9.88. The Labute approximate surface area is 96.1 Å². The Hall–Kier alpha value is -1.56. The highest BCUT2D eigenvalue weighted by atomic mass is 16.5. The van der Waals surface area contributed by atoms with Crippen LogP contribution in [0.1, 0.15) is 38.3 Å². The van der Waals surface area contributed by atoms with E-state index in [1.807, 2.05) is 12.1 Å². The molecule has 0 bridgehead atoms. The first-order chi connectivity index (χ1) is 7.79. The monoisotopic (exact) mass is 216 g/mol. The van der Waals surface area contributed by atoms with Crippen LogP contribution in [-0.4, -0.2) is 11.1 Å². The van der Waals surface area contributed by atoms with Crippen LogP contribution in [0.2, 0.25) is 0 Å². The molecule has 1 aromatic heterocycles. The van der Waals surface area contributed by atoms with Gasteiger partial charge in [-0.3, -0.25) is 0 Å². The molecule has 0 spiro atoms. The lowest BCUT2D eigenvalue weighted by Gasteiger charge is -2.29. The Morgan fingerprint density at radius 3 is 3.00 bits per heavy atom. The first-order valence-corrected chi connectivity index (χ1v) is 5.82. The van der Waals surface area contributed by atoms with Gasteiger partial charge in [-0.05, 0) is 31.2 Å². The van der Waals surface area contributed by atoms with Crippen molar-refractivity contribution in [2.24, 2.45) is 5.92 Å². The molecule has 0 radical (unpaired) electrons. The molecule has 0 N–H and O–H groups in total. The maximum atomic E-state index is 8.75. The molecule has 0 aromatic carbocycles. The van der Waals surface area contributed by atoms with Crippen molar-refractivity contribution in [3.8, 4) is 11.8 Å². The van der Waals surface area contributed by atoms with Crippen LogP contribution in [-0.2, 0) is 0 Å². The highest BCUT2D eigenvalue weighted by molar-refractivity contribution is 5.29. The van der Waals surface area contributed by atoms with Crippen LogP contribution in [0, 0.1) is 17.2 Å². The normalized spacial score (nSPS) is 24.8. The molecule has 1 aromatic rings. The third-order valence-electron chi connectivity index (χ3n) is 3.17. The van der Waals surface area contributed by atoms with Gasteiger partial charge < -0.3 is 4.74 Å². The predicted molar refractivity (Wildman–Crippen MR) is 61.0 cm³/mol. The molecule has 1 fully saturated rings. The Morgan fingerprint density at radius 2 is 2.25 bits per heavy atom. The summed E-state index contributed by atoms with van der Waals surface area (Å²) in [6.07, 6.45) is 6.82. The van der Waals surface area contributed by atoms with Crippen LogP contribution in [0.3, 0.4) is 0 Å². The second kappa shape index (κ2) is 4.98. The zero-order valence-corrected chi connectivity index (χ0v) is 9.52. The molecule has 2 unspecified atom stereocenters. The van der Waals surface area contributed by atoms with E-state index in [9.17, 15) is 0 Å². The van der Waals surface area contributed by atoms with Crippen molar-refractivity contribution in [2.75, 3.05) is 0 Å². The summed E-state index contributed by atoms with van der Waals surface area (Å²) in [7, 11) is 0. The summed E-state index contributed by atoms with van der Waals surface area (Å²) >= 11 is 0. The van der Waals surface area contributed by atoms with Gasteiger partial charge in [-0.1, -0.05) is 13.3 Å². The Morgan fingerprint density at radius 1 is 1.44 bits per heavy atom. The molecule has 16 heavy (non-hydrogen) atoms. The highest BCUT2D eigenvalue weighted by Crippen LogP contribution is 2.27. The van der Waals surface area contributed by atoms with Crippen molar-refractivity contribution < 1.29 is 4.74 Å². The van der Waals surface area contributed by atoms with E-state index in [-0.39, 0.29) is 0 Å². The van der Waals surface area contributed by atoms with E-state index in [1.165, 1.54) is 19.3 Å². The smallest absolute Gasteiger partial charge is 0.144 e. The van der Waals surface area contributed by atoms with Gasteiger partial charge in [-0.2, -0.15) is 5.26 Å². The Bertz CT molecular complexity index is 397. The average molecular weight is 216 g/mol. The third kappa shape index (κ3) is 2.52. The largest absolute Gasteiger partial charge is 0.490 e. The molecule has 3 heteroatoms. The standard InChI is InChI=1S/C13H16N2O/c1-10-4-2-3-5-13(10)16-12-6-7-15-11(8-12)9-14/h6-8,10,13H,2-5H2,1H3. The summed E-state index contributed by atoms with van der Waals surface area (Å²) in [4.78, 5) is 3.93. The quantitative estimate of drug-likeness (QED) is 0.763. The molecular formula is C13H16N2O. The van der Waals surface area contributed by atoms with Crippen LogP contribution in [0.15, 0.2) is 18.3 Å². The number of hydrogen-bond donors (Lipinski definition) is 0. The molecule has 1 aliphatic carbocycles. The topological polar surface area (TPSA) is 45.9 Å². The molecule has 0 aliphatic heterocycles. The summed E-state index contributed by atoms with van der Waals surface area (Å²) in [5.74, 6) is 1.37. The molecule has 0 amide bonds. The number of rotatable bonds is 2. The van der Waals surface area contributed by atoms with Crippen LogP contribution in [0.4, 0.5) is 0 Å². The second-order valence-corrected chi connectivity index (χ2v) is 4.41. The molecule has 1 heterocycles. The van der Waals surface area contributed by atoms with Crippen LogP contribution in [0.25, 0.3) is 0 Å². The van der Waals surface area contributed by atoms with E-state index in [4.69, 9.17) is 10.00 Å². The molecule has 0 saturated heterocycles. The number of hydrogen-bond acceptors (Lipinski definition) is 3. The lowest BCUT2D eigenvalue weighted by Crippen LogP contribution is -2.28. The second-order valence-electron chi connectivity index (χ2n) is 4.41. The van der Waals surface area contributed by atoms with Crippen molar-refractivity contribution in [3.05, 3.63) is 24.0 Å². The van der Waals surface area contributed by atoms with Gasteiger partial charge in [-0.25, -0.2) is 4.98 Å². The summed E-state index contributed by atoms with van der Waals surface area (Å²) < 4.78 is 5.92. The Balaban J connectivity index is 2.05. The van der Waals surface area contributed by atoms with E-state index in [0.717, 1.165) is 12.2 Å². The number of nitrogens with zero attached hydrogens (tertiary/aromatic N) is 2. The summed E-state index contributed by atoms with van der Waals surface area (Å²) in [5, 5.41) is 8.75. The zero-order chi connectivity index (χ0) is 11.4. The van der Waals surface area contributed by atoms with Gasteiger partial charge >= 0.3 is 0 Å². The molecule has 2 rings (SSSR count). The van der Waals surface area contributed by atoms with Crippen molar-refractivity contribution in [1.82, 2.24) is 4.98 Å². The molecular weight excluding hydrogens is 200 g/mol. The highest BCUT2D eigenvalue weighted by Gasteiger charge is 2.22. The minimum atomic E-state index is 0.294. The number of pyridine rings is 1. The lowest BCUT2D eigenvalue weighted by molar-refractivity contribution is 0.102. The van der Waals surface area contributed by atoms with Gasteiger partial charge in [0.05, 0.1) is 0 Å². The van der Waals surface area contributed by atoms with Gasteiger partial charge in [0.15, 0.2) is 0 Å². The number of nitriles is 1. The van der Waals surface area contributed by atoms with Gasteiger partial charge in [0.25, 0.3) is 0 Å². The Kier molecular flexibility index (Phi) is 3.40. The third-order valence-corrected chi connectivity index (χ3v) is 3.17. The molecule has 2 atom stereocenters. The van der Waals surface area contributed by atoms with Crippen LogP contribution in [0.5, 0.6) is 5.75 Å². The van der Waals surface area contributed by atoms with E-state index < -0.39 is 0 Å². The van der Waals surface area contributed by atoms with E-state index in [0.29, 0.717) is 17.7 Å². The molecule has 3 nitrogen and oxygen atoms in total. The van der Waals surface area contributed by atoms with Gasteiger partial charge in [0.1, 0.15) is 23.6 Å². The first kappa shape index (κ1) is 10.9. The summed E-state index contributed by atoms with van der Waals surface area (Å²) in [6.45, 7) is 2.23. The molecule has 1 aliphatic rings. The van der Waals surface area contributed by atoms with E-state index in [1.54, 1.807) is 12.3 Å². The maximum Gasteiger partial charge on any atom is 0.144 e. The van der Waals surface area contributed by atoms with E-state index >= 15 is 0 Å². The number of aromatic nitrogens is 1. The SMILES string of the molecule is CC1CCCCC1Oc1ccnc(C#N)c1. The predicted octanol–water partition coefficient (Wildman–Crippen LogP) is 2.91. The summed E-state index contributed by atoms with van der Waals surface area (Å²) in [6, 6.07) is 5.56. The fourth-order valence-corrected chi connectivity index (χ4v) is 2.18. The fraction of sp³-hybridized carbons (Fsp3) is 0.538. The van der Waals surface area contributed by atoms with Gasteiger partial charge in [-0.15, -0.1) is 0 Å². The van der Waals surface area contributed by atoms with E-state index in [2.05, 4.69) is 11.9 Å². The van der Waals surface area contributed by atoms with Crippen molar-refractivity contribution >= 4 is 0 Å². The minimum absolute atomic E-state index is 0.294. The van der Waals surface area contributed by atoms with Crippen molar-refractivity contribution in [1.29, 1.82) is 5.26 Å². The molecule has 1 saturated carbocycles. The van der Waals surface area contributed by atoms with Crippen molar-refractivity contribution in [3.63, 3.8) is 0 Å². The van der Waals surface area contributed by atoms with Gasteiger partial charge in [0.2, 0.25) is 0 Å². The zero-order valence-electron chi connectivity index (χ0n) is 9.52. The van der Waals surface area contributed by atoms with Crippen LogP contribution < -0.4 is 4.74 Å². The summed E-state index contributed by atoms with van der Waals surface area (Å²) in [5.41, 5.74) is 0.418. The number of ether oxygens (including phenoxy) is 1. The van der Waals surface area contributed by atoms with Crippen LogP contribution >= 0.6 is 0 Å². The maximum absolute atomic E-state index is 8.75. The van der Waals surface area contributed by atoms with Crippen molar-refractivity contribution in [2.45, 2.75) is 38.7 Å². The van der Waals surface area contributed by atoms with Gasteiger partial charge in [0, 0.05) is 12.3 Å². The fourth-order valence-electron chi connectivity index (χ4n) is 2.18. The first-order valence-electron chi connectivity index (χ1n) is 5.82. The molecule has 84 valence electrons.